The Kier molecular flexibility index (Phi) is 4.88. The second kappa shape index (κ2) is 7.25. The van der Waals surface area contributed by atoms with Crippen molar-refractivity contribution >= 4 is 11.7 Å². The molecule has 1 fully saturated rings. The Morgan fingerprint density at radius 3 is 2.62 bits per heavy atom. The fourth-order valence-corrected chi connectivity index (χ4v) is 2.55. The number of rotatable bonds is 3. The number of anilines is 1. The van der Waals surface area contributed by atoms with Crippen molar-refractivity contribution in [3.05, 3.63) is 47.9 Å². The van der Waals surface area contributed by atoms with Crippen molar-refractivity contribution in [2.24, 2.45) is 0 Å². The lowest BCUT2D eigenvalue weighted by Gasteiger charge is -2.31. The van der Waals surface area contributed by atoms with E-state index in [1.807, 2.05) is 13.0 Å². The number of nitrogens with zero attached hydrogens (tertiary/aromatic N) is 3. The minimum atomic E-state index is -0.443. The first-order valence-corrected chi connectivity index (χ1v) is 7.89. The predicted octanol–water partition coefficient (Wildman–Crippen LogP) is 3.00. The fourth-order valence-electron chi connectivity index (χ4n) is 2.55. The standard InChI is InChI=1S/C17H19FN4O2/c1-12-6-7-16(21-20-12)24-13-8-10-22(11-9-13)17(23)19-15-5-3-2-4-14(15)18/h2-7,13H,8-11H2,1H3,(H,19,23). The molecule has 0 unspecified atom stereocenters. The van der Waals surface area contributed by atoms with Crippen molar-refractivity contribution in [3.8, 4) is 5.88 Å². The van der Waals surface area contributed by atoms with Crippen molar-refractivity contribution in [2.75, 3.05) is 18.4 Å². The number of nitrogens with one attached hydrogen (secondary N) is 1. The molecule has 1 saturated heterocycles. The summed E-state index contributed by atoms with van der Waals surface area (Å²) in [5, 5.41) is 10.5. The first-order valence-electron chi connectivity index (χ1n) is 7.89. The van der Waals surface area contributed by atoms with E-state index >= 15 is 0 Å². The molecular weight excluding hydrogens is 311 g/mol. The molecule has 0 bridgehead atoms. The Morgan fingerprint density at radius 1 is 1.21 bits per heavy atom. The van der Waals surface area contributed by atoms with Gasteiger partial charge in [0.15, 0.2) is 0 Å². The molecular formula is C17H19FN4O2. The number of hydrogen-bond donors (Lipinski definition) is 1. The summed E-state index contributed by atoms with van der Waals surface area (Å²) in [4.78, 5) is 13.9. The van der Waals surface area contributed by atoms with E-state index in [9.17, 15) is 9.18 Å². The lowest BCUT2D eigenvalue weighted by molar-refractivity contribution is 0.110. The molecule has 0 spiro atoms. The van der Waals surface area contributed by atoms with Crippen molar-refractivity contribution < 1.29 is 13.9 Å². The lowest BCUT2D eigenvalue weighted by atomic mass is 10.1. The number of aromatic nitrogens is 2. The van der Waals surface area contributed by atoms with E-state index in [4.69, 9.17) is 4.74 Å². The maximum atomic E-state index is 13.6. The Bertz CT molecular complexity index is 700. The summed E-state index contributed by atoms with van der Waals surface area (Å²) in [5.41, 5.74) is 1.03. The van der Waals surface area contributed by atoms with Gasteiger partial charge in [-0.2, -0.15) is 5.10 Å². The van der Waals surface area contributed by atoms with Crippen LogP contribution in [-0.4, -0.2) is 40.3 Å². The van der Waals surface area contributed by atoms with Crippen LogP contribution in [0, 0.1) is 12.7 Å². The molecule has 6 nitrogen and oxygen atoms in total. The van der Waals surface area contributed by atoms with Gasteiger partial charge < -0.3 is 15.0 Å². The molecule has 1 aliphatic rings. The molecule has 1 N–H and O–H groups in total. The molecule has 126 valence electrons. The third-order valence-corrected chi connectivity index (χ3v) is 3.91. The monoisotopic (exact) mass is 330 g/mol. The third kappa shape index (κ3) is 3.98. The maximum Gasteiger partial charge on any atom is 0.321 e. The van der Waals surface area contributed by atoms with Crippen LogP contribution < -0.4 is 10.1 Å². The zero-order valence-electron chi connectivity index (χ0n) is 13.4. The van der Waals surface area contributed by atoms with Gasteiger partial charge in [0.2, 0.25) is 5.88 Å². The van der Waals surface area contributed by atoms with Gasteiger partial charge in [0, 0.05) is 32.0 Å². The first-order chi connectivity index (χ1) is 11.6. The summed E-state index contributed by atoms with van der Waals surface area (Å²) < 4.78 is 19.4. The molecule has 0 aliphatic carbocycles. The molecule has 24 heavy (non-hydrogen) atoms. The number of benzene rings is 1. The quantitative estimate of drug-likeness (QED) is 0.939. The Hall–Kier alpha value is -2.70. The number of urea groups is 1. The van der Waals surface area contributed by atoms with Crippen molar-refractivity contribution in [3.63, 3.8) is 0 Å². The van der Waals surface area contributed by atoms with Crippen LogP contribution in [0.1, 0.15) is 18.5 Å². The van der Waals surface area contributed by atoms with Crippen LogP contribution in [0.15, 0.2) is 36.4 Å². The largest absolute Gasteiger partial charge is 0.473 e. The van der Waals surface area contributed by atoms with Gasteiger partial charge in [-0.05, 0) is 25.1 Å². The van der Waals surface area contributed by atoms with Crippen LogP contribution in [0.2, 0.25) is 0 Å². The van der Waals surface area contributed by atoms with Crippen molar-refractivity contribution in [2.45, 2.75) is 25.9 Å². The van der Waals surface area contributed by atoms with Crippen LogP contribution in [0.5, 0.6) is 5.88 Å². The van der Waals surface area contributed by atoms with E-state index in [0.717, 1.165) is 5.69 Å². The molecule has 0 radical (unpaired) electrons. The summed E-state index contributed by atoms with van der Waals surface area (Å²) in [7, 11) is 0. The number of likely N-dealkylation sites (tertiary alicyclic amines) is 1. The van der Waals surface area contributed by atoms with Gasteiger partial charge in [0.05, 0.1) is 11.4 Å². The molecule has 1 aromatic heterocycles. The third-order valence-electron chi connectivity index (χ3n) is 3.91. The van der Waals surface area contributed by atoms with E-state index in [0.29, 0.717) is 31.8 Å². The topological polar surface area (TPSA) is 67.3 Å². The molecule has 1 aliphatic heterocycles. The van der Waals surface area contributed by atoms with Gasteiger partial charge >= 0.3 is 6.03 Å². The number of carbonyl (C=O) groups is 1. The van der Waals surface area contributed by atoms with Crippen LogP contribution in [0.4, 0.5) is 14.9 Å². The van der Waals surface area contributed by atoms with E-state index < -0.39 is 5.82 Å². The van der Waals surface area contributed by atoms with Crippen molar-refractivity contribution in [1.29, 1.82) is 0 Å². The highest BCUT2D eigenvalue weighted by Gasteiger charge is 2.24. The molecule has 2 heterocycles. The van der Waals surface area contributed by atoms with Gasteiger partial charge in [0.1, 0.15) is 11.9 Å². The average Bonchev–Trinajstić information content (AvgIpc) is 2.59. The van der Waals surface area contributed by atoms with Gasteiger partial charge in [-0.1, -0.05) is 12.1 Å². The summed E-state index contributed by atoms with van der Waals surface area (Å²) in [6, 6.07) is 9.47. The highest BCUT2D eigenvalue weighted by Crippen LogP contribution is 2.19. The van der Waals surface area contributed by atoms with Crippen LogP contribution in [-0.2, 0) is 0 Å². The number of para-hydroxylation sites is 1. The molecule has 3 rings (SSSR count). The van der Waals surface area contributed by atoms with Gasteiger partial charge in [-0.25, -0.2) is 9.18 Å². The number of halogens is 1. The highest BCUT2D eigenvalue weighted by molar-refractivity contribution is 5.89. The Balaban J connectivity index is 1.50. The minimum Gasteiger partial charge on any atom is -0.473 e. The fraction of sp³-hybridized carbons (Fsp3) is 0.353. The smallest absolute Gasteiger partial charge is 0.321 e. The molecule has 0 saturated carbocycles. The van der Waals surface area contributed by atoms with Gasteiger partial charge in [0.25, 0.3) is 0 Å². The zero-order chi connectivity index (χ0) is 16.9. The van der Waals surface area contributed by atoms with Gasteiger partial charge in [-0.3, -0.25) is 0 Å². The number of aryl methyl sites for hydroxylation is 1. The summed E-state index contributed by atoms with van der Waals surface area (Å²) in [6.07, 6.45) is 1.39. The number of ether oxygens (including phenoxy) is 1. The minimum absolute atomic E-state index is 0.000447. The van der Waals surface area contributed by atoms with E-state index in [-0.39, 0.29) is 17.8 Å². The Morgan fingerprint density at radius 2 is 1.96 bits per heavy atom. The summed E-state index contributed by atoms with van der Waals surface area (Å²) >= 11 is 0. The predicted molar refractivity (Wildman–Crippen MR) is 87.4 cm³/mol. The van der Waals surface area contributed by atoms with Crippen LogP contribution in [0.3, 0.4) is 0 Å². The zero-order valence-corrected chi connectivity index (χ0v) is 13.4. The number of hydrogen-bond acceptors (Lipinski definition) is 4. The summed E-state index contributed by atoms with van der Waals surface area (Å²) in [5.74, 6) is 0.0527. The maximum absolute atomic E-state index is 13.6. The van der Waals surface area contributed by atoms with Gasteiger partial charge in [-0.15, -0.1) is 5.10 Å². The Labute approximate surface area is 139 Å². The number of piperidine rings is 1. The first kappa shape index (κ1) is 16.2. The SMILES string of the molecule is Cc1ccc(OC2CCN(C(=O)Nc3ccccc3F)CC2)nn1. The van der Waals surface area contributed by atoms with Crippen LogP contribution in [0.25, 0.3) is 0 Å². The second-order valence-electron chi connectivity index (χ2n) is 5.73. The number of amides is 2. The van der Waals surface area contributed by atoms with E-state index in [2.05, 4.69) is 15.5 Å². The summed E-state index contributed by atoms with van der Waals surface area (Å²) in [6.45, 7) is 2.96. The second-order valence-corrected chi connectivity index (χ2v) is 5.73. The van der Waals surface area contributed by atoms with E-state index in [1.54, 1.807) is 29.2 Å². The normalized spacial score (nSPS) is 15.2. The lowest BCUT2D eigenvalue weighted by Crippen LogP contribution is -2.43. The van der Waals surface area contributed by atoms with Crippen molar-refractivity contribution in [1.82, 2.24) is 15.1 Å². The molecule has 1 aromatic carbocycles. The molecule has 0 atom stereocenters. The average molecular weight is 330 g/mol. The number of carbonyl (C=O) groups excluding carboxylic acids is 1. The molecule has 7 heteroatoms. The molecule has 2 amide bonds. The van der Waals surface area contributed by atoms with Crippen LogP contribution >= 0.6 is 0 Å². The van der Waals surface area contributed by atoms with E-state index in [1.165, 1.54) is 6.07 Å². The molecule has 2 aromatic rings. The highest BCUT2D eigenvalue weighted by atomic mass is 19.1.